The van der Waals surface area contributed by atoms with Gasteiger partial charge in [0.25, 0.3) is 0 Å². The maximum absolute atomic E-state index is 12.1. The lowest BCUT2D eigenvalue weighted by Crippen LogP contribution is -2.45. The zero-order valence-corrected chi connectivity index (χ0v) is 13.2. The van der Waals surface area contributed by atoms with E-state index in [4.69, 9.17) is 14.2 Å². The first kappa shape index (κ1) is 16.5. The minimum atomic E-state index is -0.764. The topological polar surface area (TPSA) is 106 Å². The molecule has 0 aromatic heterocycles. The van der Waals surface area contributed by atoms with Gasteiger partial charge in [-0.05, 0) is 24.6 Å². The molecule has 8 heteroatoms. The summed E-state index contributed by atoms with van der Waals surface area (Å²) < 4.78 is 15.0. The number of hydrogen-bond acceptors (Lipinski definition) is 6. The minimum absolute atomic E-state index is 0.161. The molecular weight excluding hydrogens is 304 g/mol. The Kier molecular flexibility index (Phi) is 4.63. The highest BCUT2D eigenvalue weighted by Gasteiger charge is 2.33. The molecule has 1 aliphatic heterocycles. The molecule has 0 saturated carbocycles. The normalized spacial score (nSPS) is 17.2. The molecule has 0 radical (unpaired) electrons. The second-order valence-electron chi connectivity index (χ2n) is 4.84. The van der Waals surface area contributed by atoms with Crippen LogP contribution in [0.3, 0.4) is 0 Å². The third-order valence-corrected chi connectivity index (χ3v) is 3.51. The molecule has 1 atom stereocenters. The summed E-state index contributed by atoms with van der Waals surface area (Å²) in [6, 6.07) is 1.82. The number of carbonyl (C=O) groups excluding carboxylic acids is 2. The molecule has 0 fully saturated rings. The summed E-state index contributed by atoms with van der Waals surface area (Å²) in [5.41, 5.74) is 1.14. The molecule has 3 N–H and O–H groups in total. The molecule has 0 unspecified atom stereocenters. The van der Waals surface area contributed by atoms with Crippen LogP contribution in [0, 0.1) is 0 Å². The predicted octanol–water partition coefficient (Wildman–Crippen LogP) is 1.21. The van der Waals surface area contributed by atoms with Gasteiger partial charge in [-0.25, -0.2) is 9.59 Å². The first-order chi connectivity index (χ1) is 10.9. The third kappa shape index (κ3) is 3.01. The van der Waals surface area contributed by atoms with E-state index in [2.05, 4.69) is 10.6 Å². The van der Waals surface area contributed by atoms with Crippen molar-refractivity contribution < 1.29 is 28.9 Å². The van der Waals surface area contributed by atoms with Crippen LogP contribution in [0.2, 0.25) is 0 Å². The number of allylic oxidation sites excluding steroid dienone is 1. The largest absolute Gasteiger partial charge is 0.502 e. The lowest BCUT2D eigenvalue weighted by atomic mass is 9.95. The fourth-order valence-electron chi connectivity index (χ4n) is 2.40. The van der Waals surface area contributed by atoms with Gasteiger partial charge in [-0.2, -0.15) is 0 Å². The minimum Gasteiger partial charge on any atom is -0.502 e. The van der Waals surface area contributed by atoms with E-state index in [0.717, 1.165) is 0 Å². The van der Waals surface area contributed by atoms with Gasteiger partial charge in [0.1, 0.15) is 0 Å². The van der Waals surface area contributed by atoms with Crippen molar-refractivity contribution in [3.63, 3.8) is 0 Å². The second-order valence-corrected chi connectivity index (χ2v) is 4.84. The highest BCUT2D eigenvalue weighted by molar-refractivity contribution is 5.95. The summed E-state index contributed by atoms with van der Waals surface area (Å²) in [7, 11) is 4.04. The molecule has 1 heterocycles. The Balaban J connectivity index is 2.60. The molecule has 0 saturated heterocycles. The Labute approximate surface area is 133 Å². The molecule has 0 aliphatic carbocycles. The standard InChI is InChI=1S/C15H18N2O6/c1-7-11(14(19)23-4)12(17-15(20)16-7)8-5-9(21-2)13(18)10(6-8)22-3/h5-6,12,18H,1-4H3,(H2,16,17,20)/t12-/m1/s1. The number of phenolic OH excluding ortho intramolecular Hbond substituents is 1. The van der Waals surface area contributed by atoms with Gasteiger partial charge in [0.05, 0.1) is 32.9 Å². The van der Waals surface area contributed by atoms with Crippen molar-refractivity contribution >= 4 is 12.0 Å². The Morgan fingerprint density at radius 1 is 1.17 bits per heavy atom. The first-order valence-electron chi connectivity index (χ1n) is 6.74. The van der Waals surface area contributed by atoms with Crippen LogP contribution in [0.4, 0.5) is 4.79 Å². The van der Waals surface area contributed by atoms with E-state index in [1.54, 1.807) is 6.92 Å². The van der Waals surface area contributed by atoms with Gasteiger partial charge in [-0.1, -0.05) is 0 Å². The van der Waals surface area contributed by atoms with Crippen LogP contribution in [-0.4, -0.2) is 38.4 Å². The SMILES string of the molecule is COC(=O)C1=C(C)NC(=O)N[C@@H]1c1cc(OC)c(O)c(OC)c1. The number of methoxy groups -OCH3 is 3. The van der Waals surface area contributed by atoms with Gasteiger partial charge in [0.2, 0.25) is 5.75 Å². The van der Waals surface area contributed by atoms with Crippen molar-refractivity contribution in [2.24, 2.45) is 0 Å². The number of urea groups is 1. The van der Waals surface area contributed by atoms with E-state index >= 15 is 0 Å². The highest BCUT2D eigenvalue weighted by atomic mass is 16.5. The summed E-state index contributed by atoms with van der Waals surface area (Å²) in [5, 5.41) is 15.2. The molecule has 1 aliphatic rings. The average molecular weight is 322 g/mol. The van der Waals surface area contributed by atoms with Crippen LogP contribution in [-0.2, 0) is 9.53 Å². The van der Waals surface area contributed by atoms with Crippen molar-refractivity contribution in [3.05, 3.63) is 29.0 Å². The number of esters is 1. The van der Waals surface area contributed by atoms with E-state index in [1.165, 1.54) is 33.5 Å². The van der Waals surface area contributed by atoms with Crippen LogP contribution in [0.1, 0.15) is 18.5 Å². The van der Waals surface area contributed by atoms with Crippen molar-refractivity contribution in [2.75, 3.05) is 21.3 Å². The number of hydrogen-bond donors (Lipinski definition) is 3. The Morgan fingerprint density at radius 2 is 1.74 bits per heavy atom. The van der Waals surface area contributed by atoms with Gasteiger partial charge < -0.3 is 30.0 Å². The Bertz CT molecular complexity index is 658. The van der Waals surface area contributed by atoms with E-state index in [9.17, 15) is 14.7 Å². The van der Waals surface area contributed by atoms with E-state index in [-0.39, 0.29) is 22.8 Å². The number of aromatic hydroxyl groups is 1. The maximum atomic E-state index is 12.1. The molecular formula is C15H18N2O6. The molecule has 1 aromatic carbocycles. The molecule has 8 nitrogen and oxygen atoms in total. The number of rotatable bonds is 4. The van der Waals surface area contributed by atoms with E-state index in [1.807, 2.05) is 0 Å². The highest BCUT2D eigenvalue weighted by Crippen LogP contribution is 2.40. The van der Waals surface area contributed by atoms with Crippen LogP contribution < -0.4 is 20.1 Å². The quantitative estimate of drug-likeness (QED) is 0.720. The van der Waals surface area contributed by atoms with Crippen LogP contribution in [0.25, 0.3) is 0 Å². The summed E-state index contributed by atoms with van der Waals surface area (Å²) in [6.07, 6.45) is 0. The van der Waals surface area contributed by atoms with Crippen molar-refractivity contribution in [1.82, 2.24) is 10.6 Å². The number of carbonyl (C=O) groups is 2. The number of ether oxygens (including phenoxy) is 3. The summed E-state index contributed by atoms with van der Waals surface area (Å²) >= 11 is 0. The molecule has 2 rings (SSSR count). The fourth-order valence-corrected chi connectivity index (χ4v) is 2.40. The molecule has 23 heavy (non-hydrogen) atoms. The third-order valence-electron chi connectivity index (χ3n) is 3.51. The lowest BCUT2D eigenvalue weighted by molar-refractivity contribution is -0.136. The van der Waals surface area contributed by atoms with Gasteiger partial charge in [0.15, 0.2) is 11.5 Å². The lowest BCUT2D eigenvalue weighted by Gasteiger charge is -2.28. The maximum Gasteiger partial charge on any atom is 0.337 e. The van der Waals surface area contributed by atoms with Crippen molar-refractivity contribution in [3.8, 4) is 17.2 Å². The molecule has 1 aromatic rings. The van der Waals surface area contributed by atoms with E-state index in [0.29, 0.717) is 11.3 Å². The first-order valence-corrected chi connectivity index (χ1v) is 6.74. The van der Waals surface area contributed by atoms with Gasteiger partial charge in [-0.3, -0.25) is 0 Å². The van der Waals surface area contributed by atoms with Gasteiger partial charge in [0, 0.05) is 5.70 Å². The predicted molar refractivity (Wildman–Crippen MR) is 80.3 cm³/mol. The fraction of sp³-hybridized carbons (Fsp3) is 0.333. The van der Waals surface area contributed by atoms with Crippen LogP contribution in [0.5, 0.6) is 17.2 Å². The zero-order valence-electron chi connectivity index (χ0n) is 13.2. The summed E-state index contributed by atoms with van der Waals surface area (Å²) in [4.78, 5) is 23.8. The monoisotopic (exact) mass is 322 g/mol. The second kappa shape index (κ2) is 6.47. The molecule has 0 bridgehead atoms. The van der Waals surface area contributed by atoms with E-state index < -0.39 is 18.0 Å². The van der Waals surface area contributed by atoms with Crippen molar-refractivity contribution in [2.45, 2.75) is 13.0 Å². The number of benzene rings is 1. The molecule has 124 valence electrons. The number of amides is 2. The molecule has 0 spiro atoms. The Hall–Kier alpha value is -2.90. The van der Waals surface area contributed by atoms with Crippen LogP contribution in [0.15, 0.2) is 23.4 Å². The molecule has 2 amide bonds. The summed E-state index contributed by atoms with van der Waals surface area (Å²) in [5.74, 6) is -0.423. The summed E-state index contributed by atoms with van der Waals surface area (Å²) in [6.45, 7) is 1.60. The zero-order chi connectivity index (χ0) is 17.1. The smallest absolute Gasteiger partial charge is 0.337 e. The van der Waals surface area contributed by atoms with Crippen molar-refractivity contribution in [1.29, 1.82) is 0 Å². The van der Waals surface area contributed by atoms with Crippen LogP contribution >= 0.6 is 0 Å². The van der Waals surface area contributed by atoms with Gasteiger partial charge in [-0.15, -0.1) is 0 Å². The van der Waals surface area contributed by atoms with Gasteiger partial charge >= 0.3 is 12.0 Å². The average Bonchev–Trinajstić information content (AvgIpc) is 2.53. The number of nitrogens with one attached hydrogen (secondary N) is 2. The number of phenols is 1. The Morgan fingerprint density at radius 3 is 2.22 bits per heavy atom.